The highest BCUT2D eigenvalue weighted by Crippen LogP contribution is 2.13. The molecule has 0 saturated carbocycles. The Labute approximate surface area is 119 Å². The molecular formula is C14H23N3OS. The summed E-state index contributed by atoms with van der Waals surface area (Å²) in [7, 11) is 0. The van der Waals surface area contributed by atoms with Crippen molar-refractivity contribution in [3.8, 4) is 0 Å². The average Bonchev–Trinajstić information content (AvgIpc) is 2.91. The van der Waals surface area contributed by atoms with E-state index in [1.807, 2.05) is 17.9 Å². The molecule has 1 aromatic heterocycles. The number of nitrogens with two attached hydrogens (primary N) is 1. The van der Waals surface area contributed by atoms with Crippen LogP contribution in [0.1, 0.15) is 24.6 Å². The summed E-state index contributed by atoms with van der Waals surface area (Å²) in [4.78, 5) is 17.7. The van der Waals surface area contributed by atoms with Crippen molar-refractivity contribution in [2.45, 2.75) is 32.4 Å². The van der Waals surface area contributed by atoms with Gasteiger partial charge in [-0.25, -0.2) is 0 Å². The summed E-state index contributed by atoms with van der Waals surface area (Å²) in [5.74, 6) is 0.228. The van der Waals surface area contributed by atoms with Gasteiger partial charge in [0.05, 0.1) is 13.1 Å². The molecule has 1 saturated heterocycles. The van der Waals surface area contributed by atoms with Gasteiger partial charge in [0.1, 0.15) is 0 Å². The maximum Gasteiger partial charge on any atom is 0.237 e. The predicted octanol–water partition coefficient (Wildman–Crippen LogP) is 1.52. The highest BCUT2D eigenvalue weighted by molar-refractivity contribution is 7.09. The fourth-order valence-corrected chi connectivity index (χ4v) is 3.09. The molecule has 106 valence electrons. The maximum atomic E-state index is 12.3. The summed E-state index contributed by atoms with van der Waals surface area (Å²) in [5.41, 5.74) is 5.88. The molecular weight excluding hydrogens is 258 g/mol. The number of amides is 1. The van der Waals surface area contributed by atoms with Crippen LogP contribution >= 0.6 is 11.3 Å². The van der Waals surface area contributed by atoms with Crippen LogP contribution in [0.15, 0.2) is 17.5 Å². The van der Waals surface area contributed by atoms with E-state index < -0.39 is 0 Å². The molecule has 4 nitrogen and oxygen atoms in total. The molecule has 2 heterocycles. The fraction of sp³-hybridized carbons (Fsp3) is 0.643. The van der Waals surface area contributed by atoms with Crippen LogP contribution in [0.3, 0.4) is 0 Å². The Hall–Kier alpha value is -0.910. The molecule has 2 N–H and O–H groups in total. The summed E-state index contributed by atoms with van der Waals surface area (Å²) in [6.45, 7) is 5.97. The van der Waals surface area contributed by atoms with Gasteiger partial charge in [-0.05, 0) is 31.2 Å². The highest BCUT2D eigenvalue weighted by Gasteiger charge is 2.20. The van der Waals surface area contributed by atoms with Crippen molar-refractivity contribution in [2.24, 2.45) is 5.73 Å². The molecule has 1 fully saturated rings. The van der Waals surface area contributed by atoms with E-state index in [4.69, 9.17) is 5.73 Å². The Morgan fingerprint density at radius 2 is 2.26 bits per heavy atom. The van der Waals surface area contributed by atoms with Gasteiger partial charge < -0.3 is 10.6 Å². The van der Waals surface area contributed by atoms with Crippen molar-refractivity contribution in [1.29, 1.82) is 0 Å². The number of likely N-dealkylation sites (N-methyl/N-ethyl adjacent to an activating group) is 1. The topological polar surface area (TPSA) is 49.6 Å². The molecule has 1 amide bonds. The molecule has 0 atom stereocenters. The number of hydrogen-bond acceptors (Lipinski definition) is 4. The molecule has 1 aliphatic rings. The van der Waals surface area contributed by atoms with E-state index in [0.717, 1.165) is 39.0 Å². The van der Waals surface area contributed by atoms with E-state index >= 15 is 0 Å². The van der Waals surface area contributed by atoms with E-state index in [9.17, 15) is 4.79 Å². The van der Waals surface area contributed by atoms with Crippen LogP contribution in [0.25, 0.3) is 0 Å². The minimum Gasteiger partial charge on any atom is -0.337 e. The summed E-state index contributed by atoms with van der Waals surface area (Å²) in [6.07, 6.45) is 2.01. The molecule has 1 aliphatic heterocycles. The number of hydrogen-bond donors (Lipinski definition) is 1. The van der Waals surface area contributed by atoms with Crippen molar-refractivity contribution in [3.63, 3.8) is 0 Å². The van der Waals surface area contributed by atoms with Crippen molar-refractivity contribution in [2.75, 3.05) is 26.2 Å². The van der Waals surface area contributed by atoms with Crippen molar-refractivity contribution < 1.29 is 4.79 Å². The molecule has 0 spiro atoms. The Bertz CT molecular complexity index is 385. The zero-order chi connectivity index (χ0) is 13.7. The normalized spacial score (nSPS) is 17.6. The monoisotopic (exact) mass is 281 g/mol. The second kappa shape index (κ2) is 7.03. The molecule has 0 aliphatic carbocycles. The van der Waals surface area contributed by atoms with Crippen molar-refractivity contribution in [3.05, 3.63) is 22.4 Å². The number of likely N-dealkylation sites (tertiary alicyclic amines) is 1. The Morgan fingerprint density at radius 3 is 2.84 bits per heavy atom. The lowest BCUT2D eigenvalue weighted by Crippen LogP contribution is -2.45. The van der Waals surface area contributed by atoms with Gasteiger partial charge in [-0.15, -0.1) is 11.3 Å². The van der Waals surface area contributed by atoms with Crippen molar-refractivity contribution >= 4 is 17.2 Å². The van der Waals surface area contributed by atoms with Crippen LogP contribution in [0.5, 0.6) is 0 Å². The first-order chi connectivity index (χ1) is 9.19. The number of piperidine rings is 1. The van der Waals surface area contributed by atoms with Crippen LogP contribution in [0.2, 0.25) is 0 Å². The second-order valence-electron chi connectivity index (χ2n) is 5.10. The predicted molar refractivity (Wildman–Crippen MR) is 79.1 cm³/mol. The molecule has 0 radical (unpaired) electrons. The first-order valence-electron chi connectivity index (χ1n) is 6.97. The minimum absolute atomic E-state index is 0.228. The van der Waals surface area contributed by atoms with Crippen LogP contribution in [0.4, 0.5) is 0 Å². The summed E-state index contributed by atoms with van der Waals surface area (Å²) >= 11 is 1.71. The van der Waals surface area contributed by atoms with E-state index in [1.54, 1.807) is 11.3 Å². The molecule has 0 unspecified atom stereocenters. The van der Waals surface area contributed by atoms with E-state index in [-0.39, 0.29) is 5.91 Å². The quantitative estimate of drug-likeness (QED) is 0.890. The van der Waals surface area contributed by atoms with E-state index in [0.29, 0.717) is 12.6 Å². The molecule has 1 aromatic rings. The molecule has 0 bridgehead atoms. The number of carbonyl (C=O) groups is 1. The number of thiophene rings is 1. The van der Waals surface area contributed by atoms with Gasteiger partial charge >= 0.3 is 0 Å². The van der Waals surface area contributed by atoms with E-state index in [1.165, 1.54) is 4.88 Å². The van der Waals surface area contributed by atoms with Gasteiger partial charge in [-0.1, -0.05) is 6.07 Å². The zero-order valence-corrected chi connectivity index (χ0v) is 12.4. The van der Waals surface area contributed by atoms with Gasteiger partial charge in [-0.2, -0.15) is 0 Å². The van der Waals surface area contributed by atoms with Crippen LogP contribution in [-0.2, 0) is 11.3 Å². The molecule has 2 rings (SSSR count). The number of rotatable bonds is 5. The standard InChI is InChI=1S/C14H23N3OS/c1-2-17(10-13-4-3-9-19-13)14(18)11-16-7-5-12(15)6-8-16/h3-4,9,12H,2,5-8,10-11,15H2,1H3. The lowest BCUT2D eigenvalue weighted by molar-refractivity contribution is -0.133. The zero-order valence-electron chi connectivity index (χ0n) is 11.5. The van der Waals surface area contributed by atoms with Crippen LogP contribution in [-0.4, -0.2) is 47.9 Å². The van der Waals surface area contributed by atoms with Crippen molar-refractivity contribution in [1.82, 2.24) is 9.80 Å². The van der Waals surface area contributed by atoms with Gasteiger partial charge in [0.25, 0.3) is 0 Å². The third-order valence-corrected chi connectivity index (χ3v) is 4.51. The van der Waals surface area contributed by atoms with Crippen LogP contribution < -0.4 is 5.73 Å². The summed E-state index contributed by atoms with van der Waals surface area (Å²) in [5, 5.41) is 2.06. The molecule has 0 aromatic carbocycles. The number of carbonyl (C=O) groups excluding carboxylic acids is 1. The van der Waals surface area contributed by atoms with Gasteiger partial charge in [0, 0.05) is 30.6 Å². The second-order valence-corrected chi connectivity index (χ2v) is 6.13. The highest BCUT2D eigenvalue weighted by atomic mass is 32.1. The third kappa shape index (κ3) is 4.30. The lowest BCUT2D eigenvalue weighted by atomic mass is 10.1. The minimum atomic E-state index is 0.228. The lowest BCUT2D eigenvalue weighted by Gasteiger charge is -2.31. The summed E-state index contributed by atoms with van der Waals surface area (Å²) in [6, 6.07) is 4.44. The molecule has 19 heavy (non-hydrogen) atoms. The molecule has 5 heteroatoms. The number of nitrogens with zero attached hydrogens (tertiary/aromatic N) is 2. The first kappa shape index (κ1) is 14.5. The van der Waals surface area contributed by atoms with Gasteiger partial charge in [-0.3, -0.25) is 9.69 Å². The van der Waals surface area contributed by atoms with Crippen LogP contribution in [0, 0.1) is 0 Å². The first-order valence-corrected chi connectivity index (χ1v) is 7.85. The Morgan fingerprint density at radius 1 is 1.53 bits per heavy atom. The smallest absolute Gasteiger partial charge is 0.237 e. The maximum absolute atomic E-state index is 12.3. The Balaban J connectivity index is 1.83. The fourth-order valence-electron chi connectivity index (χ4n) is 2.37. The largest absolute Gasteiger partial charge is 0.337 e. The summed E-state index contributed by atoms with van der Waals surface area (Å²) < 4.78 is 0. The SMILES string of the molecule is CCN(Cc1cccs1)C(=O)CN1CCC(N)CC1. The van der Waals surface area contributed by atoms with Gasteiger partial charge in [0.2, 0.25) is 5.91 Å². The average molecular weight is 281 g/mol. The third-order valence-electron chi connectivity index (χ3n) is 3.65. The van der Waals surface area contributed by atoms with Gasteiger partial charge in [0.15, 0.2) is 0 Å². The van der Waals surface area contributed by atoms with E-state index in [2.05, 4.69) is 16.3 Å². The Kier molecular flexibility index (Phi) is 5.36.